The SMILES string of the molecule is CN1C(=O)CCc2cc(C(=O)N3CCC(N4CCNCC4)C3)ccc21.Cl. The Morgan fingerprint density at radius 2 is 1.92 bits per heavy atom. The molecule has 6 nitrogen and oxygen atoms in total. The number of nitrogens with one attached hydrogen (secondary N) is 1. The summed E-state index contributed by atoms with van der Waals surface area (Å²) < 4.78 is 0. The van der Waals surface area contributed by atoms with Gasteiger partial charge in [-0.25, -0.2) is 0 Å². The van der Waals surface area contributed by atoms with Gasteiger partial charge in [-0.05, 0) is 36.6 Å². The number of benzene rings is 1. The highest BCUT2D eigenvalue weighted by molar-refractivity contribution is 5.99. The Bertz CT molecular complexity index is 690. The second-order valence-electron chi connectivity index (χ2n) is 7.28. The fourth-order valence-corrected chi connectivity index (χ4v) is 4.24. The second kappa shape index (κ2) is 7.94. The van der Waals surface area contributed by atoms with Crippen molar-refractivity contribution in [3.63, 3.8) is 0 Å². The number of hydrogen-bond acceptors (Lipinski definition) is 4. The fourth-order valence-electron chi connectivity index (χ4n) is 4.24. The lowest BCUT2D eigenvalue weighted by Gasteiger charge is -2.32. The van der Waals surface area contributed by atoms with E-state index in [1.165, 1.54) is 0 Å². The van der Waals surface area contributed by atoms with Crippen molar-refractivity contribution in [2.75, 3.05) is 51.2 Å². The van der Waals surface area contributed by atoms with Crippen molar-refractivity contribution in [1.82, 2.24) is 15.1 Å². The minimum absolute atomic E-state index is 0. The molecule has 0 radical (unpaired) electrons. The number of anilines is 1. The third kappa shape index (κ3) is 3.59. The molecular weight excluding hydrogens is 352 g/mol. The maximum Gasteiger partial charge on any atom is 0.253 e. The molecule has 2 saturated heterocycles. The van der Waals surface area contributed by atoms with Gasteiger partial charge in [-0.2, -0.15) is 0 Å². The maximum absolute atomic E-state index is 12.9. The lowest BCUT2D eigenvalue weighted by molar-refractivity contribution is -0.118. The number of nitrogens with zero attached hydrogens (tertiary/aromatic N) is 3. The van der Waals surface area contributed by atoms with Crippen molar-refractivity contribution in [1.29, 1.82) is 0 Å². The predicted octanol–water partition coefficient (Wildman–Crippen LogP) is 1.14. The van der Waals surface area contributed by atoms with Gasteiger partial charge in [0.1, 0.15) is 0 Å². The molecule has 1 N–H and O–H groups in total. The average Bonchev–Trinajstić information content (AvgIpc) is 3.15. The monoisotopic (exact) mass is 378 g/mol. The van der Waals surface area contributed by atoms with Crippen molar-refractivity contribution >= 4 is 29.9 Å². The van der Waals surface area contributed by atoms with Gasteiger partial charge in [0.2, 0.25) is 5.91 Å². The number of hydrogen-bond donors (Lipinski definition) is 1. The zero-order chi connectivity index (χ0) is 17.4. The number of amides is 2. The number of likely N-dealkylation sites (tertiary alicyclic amines) is 1. The van der Waals surface area contributed by atoms with E-state index in [1.807, 2.05) is 23.1 Å². The van der Waals surface area contributed by atoms with Gasteiger partial charge in [0.15, 0.2) is 0 Å². The van der Waals surface area contributed by atoms with Crippen molar-refractivity contribution in [2.45, 2.75) is 25.3 Å². The molecule has 0 spiro atoms. The standard InChI is InChI=1S/C19H26N4O2.ClH/c1-21-17-4-2-15(12-14(17)3-5-18(21)24)19(25)23-9-6-16(13-23)22-10-7-20-8-11-22;/h2,4,12,16,20H,3,5-11,13H2,1H3;1H. The number of halogens is 1. The molecule has 7 heteroatoms. The molecule has 26 heavy (non-hydrogen) atoms. The van der Waals surface area contributed by atoms with E-state index in [2.05, 4.69) is 10.2 Å². The fraction of sp³-hybridized carbons (Fsp3) is 0.579. The van der Waals surface area contributed by atoms with E-state index in [1.54, 1.807) is 11.9 Å². The molecule has 0 aromatic heterocycles. The molecule has 3 aliphatic heterocycles. The van der Waals surface area contributed by atoms with Crippen LogP contribution in [0.1, 0.15) is 28.8 Å². The molecule has 3 aliphatic rings. The van der Waals surface area contributed by atoms with Gasteiger partial charge in [-0.1, -0.05) is 0 Å². The van der Waals surface area contributed by atoms with E-state index in [0.717, 1.165) is 68.9 Å². The zero-order valence-electron chi connectivity index (χ0n) is 15.2. The molecule has 0 saturated carbocycles. The smallest absolute Gasteiger partial charge is 0.253 e. The number of piperazine rings is 1. The highest BCUT2D eigenvalue weighted by Crippen LogP contribution is 2.28. The van der Waals surface area contributed by atoms with Gasteiger partial charge in [0, 0.05) is 70.0 Å². The van der Waals surface area contributed by atoms with Crippen LogP contribution in [0.25, 0.3) is 0 Å². The van der Waals surface area contributed by atoms with Crippen molar-refractivity contribution in [3.8, 4) is 0 Å². The molecule has 0 bridgehead atoms. The largest absolute Gasteiger partial charge is 0.337 e. The summed E-state index contributed by atoms with van der Waals surface area (Å²) in [6.45, 7) is 5.90. The lowest BCUT2D eigenvalue weighted by Crippen LogP contribution is -2.49. The van der Waals surface area contributed by atoms with E-state index in [4.69, 9.17) is 0 Å². The molecule has 0 aliphatic carbocycles. The van der Waals surface area contributed by atoms with Crippen LogP contribution in [0.2, 0.25) is 0 Å². The van der Waals surface area contributed by atoms with Crippen LogP contribution in [0, 0.1) is 0 Å². The zero-order valence-corrected chi connectivity index (χ0v) is 16.1. The van der Waals surface area contributed by atoms with E-state index in [9.17, 15) is 9.59 Å². The quantitative estimate of drug-likeness (QED) is 0.838. The van der Waals surface area contributed by atoms with Crippen molar-refractivity contribution < 1.29 is 9.59 Å². The first kappa shape index (κ1) is 19.1. The van der Waals surface area contributed by atoms with Crippen LogP contribution in [0.15, 0.2) is 18.2 Å². The molecule has 142 valence electrons. The Morgan fingerprint density at radius 1 is 1.15 bits per heavy atom. The molecule has 2 fully saturated rings. The minimum atomic E-state index is 0. The summed E-state index contributed by atoms with van der Waals surface area (Å²) in [5.41, 5.74) is 2.79. The van der Waals surface area contributed by atoms with Crippen LogP contribution in [0.5, 0.6) is 0 Å². The first-order valence-electron chi connectivity index (χ1n) is 9.27. The molecular formula is C19H27ClN4O2. The van der Waals surface area contributed by atoms with E-state index < -0.39 is 0 Å². The minimum Gasteiger partial charge on any atom is -0.337 e. The van der Waals surface area contributed by atoms with Crippen LogP contribution in [0.4, 0.5) is 5.69 Å². The maximum atomic E-state index is 12.9. The van der Waals surface area contributed by atoms with Gasteiger partial charge in [0.05, 0.1) is 0 Å². The number of fused-ring (bicyclic) bond motifs is 1. The Balaban J connectivity index is 0.00000196. The van der Waals surface area contributed by atoms with Gasteiger partial charge >= 0.3 is 0 Å². The summed E-state index contributed by atoms with van der Waals surface area (Å²) in [6.07, 6.45) is 2.31. The molecule has 1 unspecified atom stereocenters. The first-order valence-corrected chi connectivity index (χ1v) is 9.27. The number of aryl methyl sites for hydroxylation is 1. The van der Waals surface area contributed by atoms with Crippen molar-refractivity contribution in [2.24, 2.45) is 0 Å². The summed E-state index contributed by atoms with van der Waals surface area (Å²) in [5, 5.41) is 3.38. The Labute approximate surface area is 160 Å². The van der Waals surface area contributed by atoms with Crippen LogP contribution >= 0.6 is 12.4 Å². The summed E-state index contributed by atoms with van der Waals surface area (Å²) in [6, 6.07) is 6.27. The van der Waals surface area contributed by atoms with Gasteiger partial charge in [0.25, 0.3) is 5.91 Å². The van der Waals surface area contributed by atoms with Gasteiger partial charge in [-0.15, -0.1) is 12.4 Å². The van der Waals surface area contributed by atoms with Crippen LogP contribution < -0.4 is 10.2 Å². The number of carbonyl (C=O) groups excluding carboxylic acids is 2. The predicted molar refractivity (Wildman–Crippen MR) is 104 cm³/mol. The lowest BCUT2D eigenvalue weighted by atomic mass is 9.99. The van der Waals surface area contributed by atoms with Gasteiger partial charge < -0.3 is 15.1 Å². The summed E-state index contributed by atoms with van der Waals surface area (Å²) >= 11 is 0. The van der Waals surface area contributed by atoms with Crippen LogP contribution in [0.3, 0.4) is 0 Å². The average molecular weight is 379 g/mol. The van der Waals surface area contributed by atoms with E-state index in [0.29, 0.717) is 12.5 Å². The number of carbonyl (C=O) groups is 2. The molecule has 2 amide bonds. The molecule has 1 aromatic rings. The third-order valence-electron chi connectivity index (χ3n) is 5.79. The first-order chi connectivity index (χ1) is 12.1. The Kier molecular flexibility index (Phi) is 5.85. The van der Waals surface area contributed by atoms with Crippen LogP contribution in [-0.2, 0) is 11.2 Å². The van der Waals surface area contributed by atoms with Crippen LogP contribution in [-0.4, -0.2) is 74.0 Å². The normalized spacial score (nSPS) is 23.6. The van der Waals surface area contributed by atoms with E-state index >= 15 is 0 Å². The summed E-state index contributed by atoms with van der Waals surface area (Å²) in [7, 11) is 1.81. The van der Waals surface area contributed by atoms with Gasteiger partial charge in [-0.3, -0.25) is 14.5 Å². The molecule has 1 aromatic carbocycles. The Morgan fingerprint density at radius 3 is 2.69 bits per heavy atom. The summed E-state index contributed by atoms with van der Waals surface area (Å²) in [4.78, 5) is 30.9. The molecule has 4 rings (SSSR count). The topological polar surface area (TPSA) is 55.9 Å². The number of rotatable bonds is 2. The molecule has 3 heterocycles. The highest BCUT2D eigenvalue weighted by Gasteiger charge is 2.32. The summed E-state index contributed by atoms with van der Waals surface area (Å²) in [5.74, 6) is 0.268. The van der Waals surface area contributed by atoms with Crippen molar-refractivity contribution in [3.05, 3.63) is 29.3 Å². The second-order valence-corrected chi connectivity index (χ2v) is 7.28. The molecule has 1 atom stereocenters. The third-order valence-corrected chi connectivity index (χ3v) is 5.79. The highest BCUT2D eigenvalue weighted by atomic mass is 35.5. The Hall–Kier alpha value is -1.63. The van der Waals surface area contributed by atoms with E-state index in [-0.39, 0.29) is 24.2 Å².